The molecule has 1 fully saturated rings. The van der Waals surface area contributed by atoms with Crippen LogP contribution >= 0.6 is 0 Å². The van der Waals surface area contributed by atoms with Gasteiger partial charge in [0, 0.05) is 32.7 Å². The molecule has 2 heterocycles. The Morgan fingerprint density at radius 2 is 1.64 bits per heavy atom. The van der Waals surface area contributed by atoms with Crippen LogP contribution in [0, 0.1) is 0 Å². The molecule has 1 aromatic carbocycles. The van der Waals surface area contributed by atoms with E-state index in [-0.39, 0.29) is 24.3 Å². The topological polar surface area (TPSA) is 87.2 Å². The van der Waals surface area contributed by atoms with Crippen molar-refractivity contribution in [2.45, 2.75) is 32.9 Å². The van der Waals surface area contributed by atoms with Gasteiger partial charge in [-0.15, -0.1) is 0 Å². The molecule has 0 aromatic heterocycles. The summed E-state index contributed by atoms with van der Waals surface area (Å²) < 4.78 is 31.7. The molecule has 8 nitrogen and oxygen atoms in total. The smallest absolute Gasteiger partial charge is 0.409 e. The average Bonchev–Trinajstić information content (AvgIpc) is 2.72. The Morgan fingerprint density at radius 3 is 2.25 bits per heavy atom. The third-order valence-corrected chi connectivity index (χ3v) is 7.16. The van der Waals surface area contributed by atoms with E-state index in [0.29, 0.717) is 39.2 Å². The number of rotatable bonds is 4. The minimum atomic E-state index is -3.53. The highest BCUT2D eigenvalue weighted by Crippen LogP contribution is 2.27. The summed E-state index contributed by atoms with van der Waals surface area (Å²) in [7, 11) is -3.53. The van der Waals surface area contributed by atoms with Gasteiger partial charge in [-0.05, 0) is 31.4 Å². The Balaban J connectivity index is 1.76. The molecule has 0 radical (unpaired) electrons. The van der Waals surface area contributed by atoms with Gasteiger partial charge in [0.15, 0.2) is 0 Å². The summed E-state index contributed by atoms with van der Waals surface area (Å²) in [5, 5.41) is 0. The van der Waals surface area contributed by atoms with Gasteiger partial charge in [-0.2, -0.15) is 4.31 Å². The predicted molar refractivity (Wildman–Crippen MR) is 104 cm³/mol. The van der Waals surface area contributed by atoms with E-state index in [1.807, 2.05) is 24.3 Å². The summed E-state index contributed by atoms with van der Waals surface area (Å²) in [5.74, 6) is -0.245. The molecular formula is C19H27N3O5S. The molecular weight excluding hydrogens is 382 g/mol. The Morgan fingerprint density at radius 1 is 1.04 bits per heavy atom. The van der Waals surface area contributed by atoms with Crippen molar-refractivity contribution in [3.8, 4) is 0 Å². The van der Waals surface area contributed by atoms with Gasteiger partial charge in [0.25, 0.3) is 0 Å². The van der Waals surface area contributed by atoms with Crippen molar-refractivity contribution in [1.82, 2.24) is 14.1 Å². The second kappa shape index (κ2) is 8.48. The molecule has 1 atom stereocenters. The van der Waals surface area contributed by atoms with Crippen molar-refractivity contribution in [1.29, 1.82) is 0 Å². The number of sulfonamides is 1. The zero-order chi connectivity index (χ0) is 20.3. The van der Waals surface area contributed by atoms with Crippen LogP contribution < -0.4 is 0 Å². The second-order valence-corrected chi connectivity index (χ2v) is 9.16. The van der Waals surface area contributed by atoms with E-state index in [0.717, 1.165) is 11.1 Å². The van der Waals surface area contributed by atoms with E-state index in [4.69, 9.17) is 4.74 Å². The van der Waals surface area contributed by atoms with E-state index in [9.17, 15) is 18.0 Å². The van der Waals surface area contributed by atoms with Gasteiger partial charge >= 0.3 is 6.09 Å². The van der Waals surface area contributed by atoms with Crippen molar-refractivity contribution in [3.05, 3.63) is 35.4 Å². The Bertz CT molecular complexity index is 834. The quantitative estimate of drug-likeness (QED) is 0.742. The van der Waals surface area contributed by atoms with E-state index >= 15 is 0 Å². The van der Waals surface area contributed by atoms with Crippen LogP contribution in [-0.2, 0) is 32.5 Å². The first-order chi connectivity index (χ1) is 13.4. The molecule has 1 unspecified atom stereocenters. The zero-order valence-corrected chi connectivity index (χ0v) is 17.2. The lowest BCUT2D eigenvalue weighted by molar-refractivity contribution is -0.137. The van der Waals surface area contributed by atoms with Crippen LogP contribution in [0.4, 0.5) is 4.79 Å². The molecule has 28 heavy (non-hydrogen) atoms. The summed E-state index contributed by atoms with van der Waals surface area (Å²) in [6, 6.07) is 6.90. The highest BCUT2D eigenvalue weighted by atomic mass is 32.2. The minimum Gasteiger partial charge on any atom is -0.450 e. The first-order valence-corrected chi connectivity index (χ1v) is 11.2. The summed E-state index contributed by atoms with van der Waals surface area (Å²) in [5.41, 5.74) is 1.95. The number of amides is 2. The molecule has 9 heteroatoms. The fourth-order valence-electron chi connectivity index (χ4n) is 3.70. The minimum absolute atomic E-state index is 0.0460. The lowest BCUT2D eigenvalue weighted by Crippen LogP contribution is -2.58. The molecule has 2 aliphatic rings. The normalized spacial score (nSPS) is 20.6. The maximum absolute atomic E-state index is 13.2. The molecule has 0 spiro atoms. The van der Waals surface area contributed by atoms with Crippen molar-refractivity contribution in [2.75, 3.05) is 38.5 Å². The third-order valence-electron chi connectivity index (χ3n) is 5.33. The third kappa shape index (κ3) is 4.15. The van der Waals surface area contributed by atoms with Gasteiger partial charge in [-0.3, -0.25) is 4.79 Å². The molecule has 1 saturated heterocycles. The molecule has 0 saturated carbocycles. The molecule has 2 aliphatic heterocycles. The fourth-order valence-corrected chi connectivity index (χ4v) is 4.92. The number of piperazine rings is 1. The number of fused-ring (bicyclic) bond motifs is 1. The van der Waals surface area contributed by atoms with Gasteiger partial charge in [-0.25, -0.2) is 13.2 Å². The number of benzene rings is 1. The monoisotopic (exact) mass is 409 g/mol. The van der Waals surface area contributed by atoms with Crippen molar-refractivity contribution >= 4 is 22.0 Å². The molecule has 0 bridgehead atoms. The van der Waals surface area contributed by atoms with Crippen LogP contribution in [0.5, 0.6) is 0 Å². The zero-order valence-electron chi connectivity index (χ0n) is 16.3. The van der Waals surface area contributed by atoms with Crippen LogP contribution in [0.1, 0.15) is 25.0 Å². The molecule has 3 rings (SSSR count). The van der Waals surface area contributed by atoms with E-state index in [1.54, 1.807) is 23.6 Å². The van der Waals surface area contributed by atoms with Gasteiger partial charge in [0.05, 0.1) is 12.4 Å². The number of ether oxygens (including phenoxy) is 1. The lowest BCUT2D eigenvalue weighted by Gasteiger charge is -2.40. The first-order valence-electron chi connectivity index (χ1n) is 9.64. The summed E-state index contributed by atoms with van der Waals surface area (Å²) >= 11 is 0. The maximum Gasteiger partial charge on any atom is 0.409 e. The molecule has 154 valence electrons. The van der Waals surface area contributed by atoms with Crippen molar-refractivity contribution < 1.29 is 22.7 Å². The Kier molecular flexibility index (Phi) is 6.24. The van der Waals surface area contributed by atoms with Crippen LogP contribution in [0.25, 0.3) is 0 Å². The van der Waals surface area contributed by atoms with E-state index in [2.05, 4.69) is 0 Å². The highest BCUT2D eigenvalue weighted by Gasteiger charge is 2.40. The molecule has 2 amide bonds. The van der Waals surface area contributed by atoms with Crippen LogP contribution in [-0.4, -0.2) is 79.1 Å². The van der Waals surface area contributed by atoms with Crippen LogP contribution in [0.15, 0.2) is 24.3 Å². The van der Waals surface area contributed by atoms with Crippen LogP contribution in [0.2, 0.25) is 0 Å². The summed E-state index contributed by atoms with van der Waals surface area (Å²) in [6.45, 7) is 5.38. The number of carbonyl (C=O) groups excluding carboxylic acids is 2. The first kappa shape index (κ1) is 20.6. The highest BCUT2D eigenvalue weighted by molar-refractivity contribution is 7.89. The van der Waals surface area contributed by atoms with Gasteiger partial charge < -0.3 is 14.5 Å². The molecule has 1 aromatic rings. The SMILES string of the molecule is CCOC(=O)N1CCN(C(=O)C2Cc3ccccc3CN2S(=O)(=O)CC)CC1. The number of carbonyl (C=O) groups is 2. The number of hydrogen-bond acceptors (Lipinski definition) is 5. The summed E-state index contributed by atoms with van der Waals surface area (Å²) in [6.07, 6.45) is -0.0110. The number of nitrogens with zero attached hydrogens (tertiary/aromatic N) is 3. The fraction of sp³-hybridized carbons (Fsp3) is 0.579. The van der Waals surface area contributed by atoms with Gasteiger partial charge in [-0.1, -0.05) is 24.3 Å². The lowest BCUT2D eigenvalue weighted by atomic mass is 9.95. The van der Waals surface area contributed by atoms with E-state index < -0.39 is 16.1 Å². The van der Waals surface area contributed by atoms with Gasteiger partial charge in [0.2, 0.25) is 15.9 Å². The van der Waals surface area contributed by atoms with Crippen molar-refractivity contribution in [3.63, 3.8) is 0 Å². The number of hydrogen-bond donors (Lipinski definition) is 0. The van der Waals surface area contributed by atoms with Crippen LogP contribution in [0.3, 0.4) is 0 Å². The molecule has 0 N–H and O–H groups in total. The Hall–Kier alpha value is -2.13. The van der Waals surface area contributed by atoms with Gasteiger partial charge in [0.1, 0.15) is 6.04 Å². The summed E-state index contributed by atoms with van der Waals surface area (Å²) in [4.78, 5) is 28.3. The van der Waals surface area contributed by atoms with Crippen molar-refractivity contribution in [2.24, 2.45) is 0 Å². The Labute approximate surface area is 166 Å². The second-order valence-electron chi connectivity index (χ2n) is 6.95. The largest absolute Gasteiger partial charge is 0.450 e. The van der Waals surface area contributed by atoms with E-state index in [1.165, 1.54) is 4.31 Å². The maximum atomic E-state index is 13.2. The predicted octanol–water partition coefficient (Wildman–Crippen LogP) is 1.06. The standard InChI is InChI=1S/C19H27N3O5S/c1-3-27-19(24)21-11-9-20(10-12-21)18(23)17-13-15-7-5-6-8-16(15)14-22(17)28(25,26)4-2/h5-8,17H,3-4,9-14H2,1-2H3. The molecule has 0 aliphatic carbocycles. The average molecular weight is 410 g/mol.